The number of fused-ring (bicyclic) bond motifs is 4. The third kappa shape index (κ3) is 6.73. The van der Waals surface area contributed by atoms with E-state index in [1.807, 2.05) is 12.1 Å². The van der Waals surface area contributed by atoms with Crippen molar-refractivity contribution in [1.29, 1.82) is 0 Å². The predicted molar refractivity (Wildman–Crippen MR) is 185 cm³/mol. The van der Waals surface area contributed by atoms with E-state index in [4.69, 9.17) is 14.7 Å². The second-order valence-corrected chi connectivity index (χ2v) is 12.9. The SMILES string of the molecule is CCCCCCCCCCCCOc1nc(-c2ccc3c(c2)-c2cc4ccccc4cc2C3(C)C)nc(-c2ccccc2O)n1. The van der Waals surface area contributed by atoms with Crippen molar-refractivity contribution in [3.63, 3.8) is 0 Å². The zero-order valence-corrected chi connectivity index (χ0v) is 27.0. The fourth-order valence-corrected chi connectivity index (χ4v) is 6.66. The summed E-state index contributed by atoms with van der Waals surface area (Å²) in [6, 6.07) is 27.2. The summed E-state index contributed by atoms with van der Waals surface area (Å²) >= 11 is 0. The third-order valence-corrected chi connectivity index (χ3v) is 9.29. The lowest BCUT2D eigenvalue weighted by Gasteiger charge is -2.21. The molecule has 0 radical (unpaired) electrons. The molecule has 1 aliphatic rings. The number of hydrogen-bond donors (Lipinski definition) is 1. The normalized spacial score (nSPS) is 13.1. The third-order valence-electron chi connectivity index (χ3n) is 9.29. The van der Waals surface area contributed by atoms with Gasteiger partial charge in [-0.1, -0.05) is 127 Å². The number of phenols is 1. The van der Waals surface area contributed by atoms with Crippen LogP contribution in [0.1, 0.15) is 96.1 Å². The van der Waals surface area contributed by atoms with Crippen LogP contribution in [0.3, 0.4) is 0 Å². The molecule has 0 unspecified atom stereocenters. The van der Waals surface area contributed by atoms with E-state index in [2.05, 4.69) is 80.4 Å². The first-order valence-electron chi connectivity index (χ1n) is 16.8. The van der Waals surface area contributed by atoms with Gasteiger partial charge in [0.25, 0.3) is 0 Å². The number of aromatic nitrogens is 3. The average Bonchev–Trinajstić information content (AvgIpc) is 3.27. The molecule has 0 spiro atoms. The molecular formula is C40H45N3O2. The van der Waals surface area contributed by atoms with Gasteiger partial charge in [0.15, 0.2) is 11.6 Å². The molecule has 0 amide bonds. The van der Waals surface area contributed by atoms with Crippen LogP contribution in [0.15, 0.2) is 78.9 Å². The van der Waals surface area contributed by atoms with E-state index in [1.165, 1.54) is 84.4 Å². The molecule has 6 rings (SSSR count). The van der Waals surface area contributed by atoms with Crippen LogP contribution in [0.4, 0.5) is 0 Å². The molecule has 0 atom stereocenters. The predicted octanol–water partition coefficient (Wildman–Crippen LogP) is 10.7. The first-order valence-corrected chi connectivity index (χ1v) is 16.8. The van der Waals surface area contributed by atoms with Gasteiger partial charge in [-0.05, 0) is 69.8 Å². The zero-order chi connectivity index (χ0) is 31.2. The number of phenolic OH excluding ortho intramolecular Hbond substituents is 1. The molecule has 1 aliphatic carbocycles. The summed E-state index contributed by atoms with van der Waals surface area (Å²) in [4.78, 5) is 14.3. The Morgan fingerprint density at radius 1 is 0.600 bits per heavy atom. The number of hydrogen-bond acceptors (Lipinski definition) is 5. The number of ether oxygens (including phenoxy) is 1. The monoisotopic (exact) mass is 599 g/mol. The number of nitrogens with zero attached hydrogens (tertiary/aromatic N) is 3. The smallest absolute Gasteiger partial charge is 0.320 e. The molecule has 1 heterocycles. The number of rotatable bonds is 14. The zero-order valence-electron chi connectivity index (χ0n) is 27.0. The Morgan fingerprint density at radius 3 is 1.96 bits per heavy atom. The summed E-state index contributed by atoms with van der Waals surface area (Å²) in [6.07, 6.45) is 12.7. The van der Waals surface area contributed by atoms with Gasteiger partial charge in [0.1, 0.15) is 5.75 Å². The quantitative estimate of drug-likeness (QED) is 0.129. The van der Waals surface area contributed by atoms with Gasteiger partial charge in [-0.15, -0.1) is 0 Å². The Labute approximate surface area is 267 Å². The highest BCUT2D eigenvalue weighted by molar-refractivity contribution is 5.94. The van der Waals surface area contributed by atoms with Crippen molar-refractivity contribution < 1.29 is 9.84 Å². The summed E-state index contributed by atoms with van der Waals surface area (Å²) in [5, 5.41) is 13.1. The van der Waals surface area contributed by atoms with Gasteiger partial charge >= 0.3 is 6.01 Å². The molecule has 0 bridgehead atoms. The molecule has 0 aliphatic heterocycles. The van der Waals surface area contributed by atoms with E-state index < -0.39 is 0 Å². The Balaban J connectivity index is 1.23. The molecule has 5 heteroatoms. The summed E-state index contributed by atoms with van der Waals surface area (Å²) in [7, 11) is 0. The van der Waals surface area contributed by atoms with E-state index in [0.717, 1.165) is 18.4 Å². The van der Waals surface area contributed by atoms with Gasteiger partial charge in [-0.2, -0.15) is 9.97 Å². The van der Waals surface area contributed by atoms with Crippen LogP contribution < -0.4 is 4.74 Å². The first kappa shape index (κ1) is 30.8. The fourth-order valence-electron chi connectivity index (χ4n) is 6.66. The maximum Gasteiger partial charge on any atom is 0.320 e. The first-order chi connectivity index (χ1) is 22.0. The Morgan fingerprint density at radius 2 is 1.22 bits per heavy atom. The molecule has 0 fully saturated rings. The maximum absolute atomic E-state index is 10.6. The summed E-state index contributed by atoms with van der Waals surface area (Å²) < 4.78 is 6.13. The minimum Gasteiger partial charge on any atom is -0.507 e. The second kappa shape index (κ2) is 13.8. The summed E-state index contributed by atoms with van der Waals surface area (Å²) in [6.45, 7) is 7.41. The molecule has 1 aromatic heterocycles. The van der Waals surface area contributed by atoms with Crippen LogP contribution in [0.25, 0.3) is 44.7 Å². The average molecular weight is 600 g/mol. The van der Waals surface area contributed by atoms with E-state index in [9.17, 15) is 5.11 Å². The lowest BCUT2D eigenvalue weighted by Crippen LogP contribution is -2.14. The fraction of sp³-hybridized carbons (Fsp3) is 0.375. The van der Waals surface area contributed by atoms with Crippen LogP contribution in [-0.4, -0.2) is 26.7 Å². The molecule has 1 N–H and O–H groups in total. The largest absolute Gasteiger partial charge is 0.507 e. The number of aromatic hydroxyl groups is 1. The number of benzene rings is 4. The van der Waals surface area contributed by atoms with Crippen molar-refractivity contribution in [1.82, 2.24) is 15.0 Å². The van der Waals surface area contributed by atoms with Crippen LogP contribution >= 0.6 is 0 Å². The van der Waals surface area contributed by atoms with Crippen LogP contribution in [-0.2, 0) is 5.41 Å². The van der Waals surface area contributed by atoms with Crippen molar-refractivity contribution in [2.75, 3.05) is 6.61 Å². The minimum atomic E-state index is -0.114. The highest BCUT2D eigenvalue weighted by Crippen LogP contribution is 2.50. The molecular weight excluding hydrogens is 554 g/mol. The van der Waals surface area contributed by atoms with Crippen LogP contribution in [0.5, 0.6) is 11.8 Å². The van der Waals surface area contributed by atoms with Crippen molar-refractivity contribution in [2.24, 2.45) is 0 Å². The van der Waals surface area contributed by atoms with E-state index in [0.29, 0.717) is 29.8 Å². The van der Waals surface area contributed by atoms with Gasteiger partial charge in [0.05, 0.1) is 12.2 Å². The Hall–Kier alpha value is -4.25. The lowest BCUT2D eigenvalue weighted by molar-refractivity contribution is 0.281. The topological polar surface area (TPSA) is 68.1 Å². The molecule has 5 aromatic rings. The van der Waals surface area contributed by atoms with Gasteiger partial charge in [0, 0.05) is 11.0 Å². The molecule has 0 saturated carbocycles. The highest BCUT2D eigenvalue weighted by atomic mass is 16.5. The van der Waals surface area contributed by atoms with Gasteiger partial charge < -0.3 is 9.84 Å². The van der Waals surface area contributed by atoms with E-state index in [1.54, 1.807) is 12.1 Å². The minimum absolute atomic E-state index is 0.114. The second-order valence-electron chi connectivity index (χ2n) is 12.9. The lowest BCUT2D eigenvalue weighted by atomic mass is 9.82. The standard InChI is InChI=1S/C40H45N3O2/c1-4-5-6-7-8-9-10-11-12-17-24-45-39-42-37(41-38(43-39)31-20-15-16-21-36(31)44)30-22-23-34-32(26-30)33-25-28-18-13-14-19-29(28)27-35(33)40(34,2)3/h13-16,18-23,25-27,44H,4-12,17,24H2,1-3H3. The number of unbranched alkanes of at least 4 members (excludes halogenated alkanes) is 9. The Kier molecular flexibility index (Phi) is 9.44. The van der Waals surface area contributed by atoms with E-state index >= 15 is 0 Å². The molecule has 0 saturated heterocycles. The Bertz CT molecular complexity index is 1780. The van der Waals surface area contributed by atoms with Gasteiger partial charge in [0.2, 0.25) is 0 Å². The molecule has 5 nitrogen and oxygen atoms in total. The van der Waals surface area contributed by atoms with Crippen molar-refractivity contribution in [3.05, 3.63) is 90.0 Å². The van der Waals surface area contributed by atoms with Crippen molar-refractivity contribution >= 4 is 10.8 Å². The molecule has 45 heavy (non-hydrogen) atoms. The van der Waals surface area contributed by atoms with Gasteiger partial charge in [-0.3, -0.25) is 0 Å². The summed E-state index contributed by atoms with van der Waals surface area (Å²) in [5.41, 5.74) is 6.43. The molecule has 232 valence electrons. The summed E-state index contributed by atoms with van der Waals surface area (Å²) in [5.74, 6) is 1.08. The maximum atomic E-state index is 10.6. The van der Waals surface area contributed by atoms with Crippen LogP contribution in [0, 0.1) is 0 Å². The van der Waals surface area contributed by atoms with Gasteiger partial charge in [-0.25, -0.2) is 4.98 Å². The van der Waals surface area contributed by atoms with E-state index in [-0.39, 0.29) is 11.2 Å². The van der Waals surface area contributed by atoms with Crippen LogP contribution in [0.2, 0.25) is 0 Å². The molecule has 4 aromatic carbocycles. The number of para-hydroxylation sites is 1. The van der Waals surface area contributed by atoms with Crippen molar-refractivity contribution in [2.45, 2.75) is 90.4 Å². The highest BCUT2D eigenvalue weighted by Gasteiger charge is 2.36. The van der Waals surface area contributed by atoms with Crippen molar-refractivity contribution in [3.8, 4) is 45.7 Å².